The molecule has 0 amide bonds. The maximum absolute atomic E-state index is 13.5. The van der Waals surface area contributed by atoms with Gasteiger partial charge in [-0.25, -0.2) is 4.79 Å². The molecule has 1 aliphatic heterocycles. The summed E-state index contributed by atoms with van der Waals surface area (Å²) in [5, 5.41) is 0. The molecule has 36 heavy (non-hydrogen) atoms. The van der Waals surface area contributed by atoms with E-state index >= 15 is 0 Å². The van der Waals surface area contributed by atoms with Gasteiger partial charge < -0.3 is 14.4 Å². The fourth-order valence-corrected chi connectivity index (χ4v) is 5.17. The molecular weight excluding hydrogens is 446 g/mol. The number of anilines is 1. The highest BCUT2D eigenvalue weighted by atomic mass is 16.5. The van der Waals surface area contributed by atoms with E-state index in [-0.39, 0.29) is 17.3 Å². The molecule has 1 saturated carbocycles. The molecule has 0 bridgehead atoms. The number of hydrogen-bond donors (Lipinski definition) is 0. The molecule has 5 rings (SSSR count). The number of carbonyl (C=O) groups is 1. The second-order valence-electron chi connectivity index (χ2n) is 11.1. The van der Waals surface area contributed by atoms with Crippen molar-refractivity contribution in [3.63, 3.8) is 0 Å². The van der Waals surface area contributed by atoms with Crippen molar-refractivity contribution in [1.82, 2.24) is 0 Å². The van der Waals surface area contributed by atoms with Crippen LogP contribution in [0.15, 0.2) is 72.8 Å². The summed E-state index contributed by atoms with van der Waals surface area (Å²) in [6.07, 6.45) is 2.53. The third-order valence-corrected chi connectivity index (χ3v) is 7.33. The number of esters is 1. The van der Waals surface area contributed by atoms with Crippen LogP contribution in [0.25, 0.3) is 0 Å². The fourth-order valence-electron chi connectivity index (χ4n) is 5.17. The molecule has 0 N–H and O–H groups in total. The lowest BCUT2D eigenvalue weighted by Crippen LogP contribution is -2.42. The van der Waals surface area contributed by atoms with Gasteiger partial charge in [0.05, 0.1) is 13.2 Å². The molecule has 188 valence electrons. The van der Waals surface area contributed by atoms with Crippen LogP contribution < -0.4 is 9.64 Å². The second-order valence-corrected chi connectivity index (χ2v) is 11.1. The minimum atomic E-state index is -0.432. The molecule has 3 aromatic rings. The molecular formula is C32H37NO3. The lowest BCUT2D eigenvalue weighted by atomic mass is 9.83. The molecule has 3 aromatic carbocycles. The first-order valence-corrected chi connectivity index (χ1v) is 13.2. The fraction of sp³-hybridized carbons (Fsp3) is 0.406. The Kier molecular flexibility index (Phi) is 6.79. The SMILES string of the molecule is CCOC(=O)C1C(c2ccc(C(C)(C)C)cc2)c2ccccc2N1Cc1cccc(OCC2CC2)c1. The average molecular weight is 484 g/mol. The summed E-state index contributed by atoms with van der Waals surface area (Å²) in [5.41, 5.74) is 5.87. The van der Waals surface area contributed by atoms with Crippen LogP contribution in [-0.4, -0.2) is 25.2 Å². The van der Waals surface area contributed by atoms with E-state index in [2.05, 4.69) is 80.3 Å². The van der Waals surface area contributed by atoms with Gasteiger partial charge in [0.15, 0.2) is 0 Å². The minimum Gasteiger partial charge on any atom is -0.493 e. The molecule has 4 nitrogen and oxygen atoms in total. The Bertz CT molecular complexity index is 1210. The first-order chi connectivity index (χ1) is 17.3. The van der Waals surface area contributed by atoms with Crippen LogP contribution in [0.4, 0.5) is 5.69 Å². The van der Waals surface area contributed by atoms with Crippen molar-refractivity contribution in [3.8, 4) is 5.75 Å². The number of para-hydroxylation sites is 1. The largest absolute Gasteiger partial charge is 0.493 e. The highest BCUT2D eigenvalue weighted by Gasteiger charge is 2.44. The van der Waals surface area contributed by atoms with Gasteiger partial charge in [-0.3, -0.25) is 0 Å². The quantitative estimate of drug-likeness (QED) is 0.328. The molecule has 0 saturated heterocycles. The van der Waals surface area contributed by atoms with Crippen LogP contribution in [0.5, 0.6) is 5.75 Å². The zero-order valence-electron chi connectivity index (χ0n) is 21.9. The van der Waals surface area contributed by atoms with Gasteiger partial charge in [0.1, 0.15) is 11.8 Å². The lowest BCUT2D eigenvalue weighted by molar-refractivity contribution is -0.144. The molecule has 1 aliphatic carbocycles. The molecule has 4 heteroatoms. The Labute approximate surface area is 215 Å². The van der Waals surface area contributed by atoms with Crippen molar-refractivity contribution in [1.29, 1.82) is 0 Å². The number of hydrogen-bond acceptors (Lipinski definition) is 4. The maximum Gasteiger partial charge on any atom is 0.329 e. The van der Waals surface area contributed by atoms with Crippen molar-refractivity contribution in [3.05, 3.63) is 95.1 Å². The molecule has 0 radical (unpaired) electrons. The molecule has 0 aromatic heterocycles. The lowest BCUT2D eigenvalue weighted by Gasteiger charge is -2.29. The maximum atomic E-state index is 13.5. The van der Waals surface area contributed by atoms with E-state index < -0.39 is 6.04 Å². The minimum absolute atomic E-state index is 0.0747. The van der Waals surface area contributed by atoms with Crippen molar-refractivity contribution < 1.29 is 14.3 Å². The van der Waals surface area contributed by atoms with Gasteiger partial charge in [-0.05, 0) is 71.6 Å². The Morgan fingerprint density at radius 2 is 1.72 bits per heavy atom. The van der Waals surface area contributed by atoms with Crippen LogP contribution in [0.3, 0.4) is 0 Å². The van der Waals surface area contributed by atoms with Crippen LogP contribution in [0.2, 0.25) is 0 Å². The Balaban J connectivity index is 1.50. The van der Waals surface area contributed by atoms with Crippen LogP contribution in [-0.2, 0) is 21.5 Å². The summed E-state index contributed by atoms with van der Waals surface area (Å²) < 4.78 is 11.7. The monoisotopic (exact) mass is 483 g/mol. The molecule has 1 fully saturated rings. The first kappa shape index (κ1) is 24.4. The Morgan fingerprint density at radius 1 is 0.972 bits per heavy atom. The van der Waals surface area contributed by atoms with Crippen molar-refractivity contribution in [2.45, 2.75) is 64.5 Å². The summed E-state index contributed by atoms with van der Waals surface area (Å²) in [5.74, 6) is 1.33. The first-order valence-electron chi connectivity index (χ1n) is 13.2. The smallest absolute Gasteiger partial charge is 0.329 e. The van der Waals surface area contributed by atoms with Gasteiger partial charge in [-0.1, -0.05) is 75.4 Å². The van der Waals surface area contributed by atoms with Crippen molar-refractivity contribution in [2.24, 2.45) is 5.92 Å². The van der Waals surface area contributed by atoms with Gasteiger partial charge in [0, 0.05) is 18.2 Å². The van der Waals surface area contributed by atoms with Crippen LogP contribution >= 0.6 is 0 Å². The highest BCUT2D eigenvalue weighted by Crippen LogP contribution is 2.46. The van der Waals surface area contributed by atoms with E-state index in [1.165, 1.54) is 24.0 Å². The average Bonchev–Trinajstić information content (AvgIpc) is 3.64. The van der Waals surface area contributed by atoms with Gasteiger partial charge in [-0.15, -0.1) is 0 Å². The summed E-state index contributed by atoms with van der Waals surface area (Å²) in [4.78, 5) is 15.7. The van der Waals surface area contributed by atoms with Crippen molar-refractivity contribution in [2.75, 3.05) is 18.1 Å². The second kappa shape index (κ2) is 10.0. The molecule has 0 spiro atoms. The zero-order chi connectivity index (χ0) is 25.3. The predicted molar refractivity (Wildman–Crippen MR) is 145 cm³/mol. The van der Waals surface area contributed by atoms with Gasteiger partial charge in [0.2, 0.25) is 0 Å². The van der Waals surface area contributed by atoms with E-state index in [9.17, 15) is 4.79 Å². The van der Waals surface area contributed by atoms with E-state index in [1.807, 2.05) is 25.1 Å². The number of carbonyl (C=O) groups excluding carboxylic acids is 1. The number of benzene rings is 3. The highest BCUT2D eigenvalue weighted by molar-refractivity contribution is 5.87. The van der Waals surface area contributed by atoms with E-state index in [0.29, 0.717) is 19.1 Å². The van der Waals surface area contributed by atoms with E-state index in [4.69, 9.17) is 9.47 Å². The van der Waals surface area contributed by atoms with Gasteiger partial charge in [0.25, 0.3) is 0 Å². The summed E-state index contributed by atoms with van der Waals surface area (Å²) >= 11 is 0. The number of rotatable bonds is 8. The number of ether oxygens (including phenoxy) is 2. The third-order valence-electron chi connectivity index (χ3n) is 7.33. The Hall–Kier alpha value is -3.27. The molecule has 2 aliphatic rings. The van der Waals surface area contributed by atoms with Gasteiger partial charge in [-0.2, -0.15) is 0 Å². The summed E-state index contributed by atoms with van der Waals surface area (Å²) in [6.45, 7) is 10.3. The van der Waals surface area contributed by atoms with E-state index in [1.54, 1.807) is 0 Å². The number of fused-ring (bicyclic) bond motifs is 1. The van der Waals surface area contributed by atoms with Crippen molar-refractivity contribution >= 4 is 11.7 Å². The number of nitrogens with zero attached hydrogens (tertiary/aromatic N) is 1. The normalized spacial score (nSPS) is 19.2. The topological polar surface area (TPSA) is 38.8 Å². The van der Waals surface area contributed by atoms with E-state index in [0.717, 1.165) is 29.2 Å². The molecule has 2 unspecified atom stereocenters. The van der Waals surface area contributed by atoms with Gasteiger partial charge >= 0.3 is 5.97 Å². The summed E-state index contributed by atoms with van der Waals surface area (Å²) in [6, 6.07) is 25.0. The van der Waals surface area contributed by atoms with Crippen LogP contribution in [0.1, 0.15) is 68.7 Å². The molecule has 1 heterocycles. The zero-order valence-corrected chi connectivity index (χ0v) is 21.9. The molecule has 2 atom stereocenters. The third kappa shape index (κ3) is 5.13. The predicted octanol–water partition coefficient (Wildman–Crippen LogP) is 6.86. The summed E-state index contributed by atoms with van der Waals surface area (Å²) in [7, 11) is 0. The Morgan fingerprint density at radius 3 is 2.42 bits per heavy atom. The van der Waals surface area contributed by atoms with Crippen LogP contribution in [0, 0.1) is 5.92 Å². The standard InChI is InChI=1S/C32H37NO3/c1-5-35-31(34)30-29(24-15-17-25(18-16-24)32(2,3)4)27-11-6-7-12-28(27)33(30)20-23-9-8-10-26(19-23)36-21-22-13-14-22/h6-12,15-19,22,29-30H,5,13-14,20-21H2,1-4H3.